The lowest BCUT2D eigenvalue weighted by atomic mass is 9.73. The first kappa shape index (κ1) is 9.16. The topological polar surface area (TPSA) is 46.5 Å². The summed E-state index contributed by atoms with van der Waals surface area (Å²) in [4.78, 5) is 10.9. The summed E-state index contributed by atoms with van der Waals surface area (Å²) >= 11 is 0. The fraction of sp³-hybridized carbons (Fsp3) is 0.900. The van der Waals surface area contributed by atoms with Gasteiger partial charge in [0.05, 0.1) is 5.60 Å². The van der Waals surface area contributed by atoms with Crippen LogP contribution in [0.15, 0.2) is 0 Å². The maximum Gasteiger partial charge on any atom is 0.151 e. The van der Waals surface area contributed by atoms with Crippen LogP contribution in [0.25, 0.3) is 0 Å². The number of ether oxygens (including phenoxy) is 1. The van der Waals surface area contributed by atoms with Gasteiger partial charge in [-0.3, -0.25) is 0 Å². The molecule has 1 saturated heterocycles. The van der Waals surface area contributed by atoms with E-state index in [2.05, 4.69) is 0 Å². The van der Waals surface area contributed by atoms with Crippen molar-refractivity contribution in [3.8, 4) is 0 Å². The molecule has 1 aliphatic carbocycles. The Hall–Kier alpha value is -0.410. The Morgan fingerprint density at radius 3 is 2.46 bits per heavy atom. The van der Waals surface area contributed by atoms with Crippen molar-refractivity contribution in [1.29, 1.82) is 0 Å². The van der Waals surface area contributed by atoms with Crippen LogP contribution in [0, 0.1) is 0 Å². The van der Waals surface area contributed by atoms with Crippen LogP contribution in [0.3, 0.4) is 0 Å². The predicted octanol–water partition coefficient (Wildman–Crippen LogP) is 1.04. The first-order chi connectivity index (χ1) is 6.18. The number of hydrogen-bond donors (Lipinski definition) is 1. The molecule has 1 atom stereocenters. The summed E-state index contributed by atoms with van der Waals surface area (Å²) < 4.78 is 5.43. The number of carbonyl (C=O) groups is 1. The zero-order valence-corrected chi connectivity index (χ0v) is 7.79. The van der Waals surface area contributed by atoms with Crippen molar-refractivity contribution < 1.29 is 14.6 Å². The summed E-state index contributed by atoms with van der Waals surface area (Å²) in [5.41, 5.74) is -1.26. The second-order valence-corrected chi connectivity index (χ2v) is 4.39. The highest BCUT2D eigenvalue weighted by molar-refractivity contribution is 5.63. The SMILES string of the molecule is O=CC1(CC2(O)CCC2)CCCO1. The molecule has 0 aromatic heterocycles. The summed E-state index contributed by atoms with van der Waals surface area (Å²) in [5.74, 6) is 0. The van der Waals surface area contributed by atoms with Gasteiger partial charge < -0.3 is 14.6 Å². The second-order valence-electron chi connectivity index (χ2n) is 4.39. The summed E-state index contributed by atoms with van der Waals surface area (Å²) in [5, 5.41) is 9.93. The molecule has 1 heterocycles. The molecule has 1 unspecified atom stereocenters. The summed E-state index contributed by atoms with van der Waals surface area (Å²) in [6.45, 7) is 0.662. The minimum Gasteiger partial charge on any atom is -0.390 e. The van der Waals surface area contributed by atoms with Gasteiger partial charge in [-0.05, 0) is 32.1 Å². The van der Waals surface area contributed by atoms with Gasteiger partial charge in [-0.15, -0.1) is 0 Å². The van der Waals surface area contributed by atoms with Gasteiger partial charge in [-0.1, -0.05) is 0 Å². The van der Waals surface area contributed by atoms with E-state index in [4.69, 9.17) is 4.74 Å². The standard InChI is InChI=1S/C10H16O3/c11-8-10(5-2-6-13-10)7-9(12)3-1-4-9/h8,12H,1-7H2. The van der Waals surface area contributed by atoms with Crippen LogP contribution in [0.2, 0.25) is 0 Å². The largest absolute Gasteiger partial charge is 0.390 e. The fourth-order valence-corrected chi connectivity index (χ4v) is 2.31. The van der Waals surface area contributed by atoms with Gasteiger partial charge in [-0.25, -0.2) is 0 Å². The molecule has 2 rings (SSSR count). The first-order valence-electron chi connectivity index (χ1n) is 5.01. The van der Waals surface area contributed by atoms with Gasteiger partial charge >= 0.3 is 0 Å². The summed E-state index contributed by atoms with van der Waals surface area (Å²) in [7, 11) is 0. The minimum absolute atomic E-state index is 0.503. The minimum atomic E-state index is -0.658. The average molecular weight is 184 g/mol. The second kappa shape index (κ2) is 3.07. The third-order valence-corrected chi connectivity index (χ3v) is 3.26. The van der Waals surface area contributed by atoms with E-state index in [9.17, 15) is 9.90 Å². The van der Waals surface area contributed by atoms with Crippen LogP contribution in [0.4, 0.5) is 0 Å². The highest BCUT2D eigenvalue weighted by atomic mass is 16.5. The lowest BCUT2D eigenvalue weighted by Crippen LogP contribution is -2.46. The van der Waals surface area contributed by atoms with Gasteiger partial charge in [0, 0.05) is 13.0 Å². The van der Waals surface area contributed by atoms with Crippen molar-refractivity contribution >= 4 is 6.29 Å². The highest BCUT2D eigenvalue weighted by Gasteiger charge is 2.46. The molecular weight excluding hydrogens is 168 g/mol. The third-order valence-electron chi connectivity index (χ3n) is 3.26. The van der Waals surface area contributed by atoms with E-state index in [1.54, 1.807) is 0 Å². The van der Waals surface area contributed by atoms with Gasteiger partial charge in [0.2, 0.25) is 0 Å². The Bertz CT molecular complexity index is 202. The normalized spacial score (nSPS) is 37.0. The van der Waals surface area contributed by atoms with Gasteiger partial charge in [0.25, 0.3) is 0 Å². The van der Waals surface area contributed by atoms with Gasteiger partial charge in [0.15, 0.2) is 6.29 Å². The zero-order chi connectivity index (χ0) is 9.36. The molecular formula is C10H16O3. The molecule has 3 heteroatoms. The van der Waals surface area contributed by atoms with E-state index >= 15 is 0 Å². The molecule has 0 amide bonds. The van der Waals surface area contributed by atoms with Crippen molar-refractivity contribution in [1.82, 2.24) is 0 Å². The molecule has 74 valence electrons. The lowest BCUT2D eigenvalue weighted by Gasteiger charge is -2.41. The smallest absolute Gasteiger partial charge is 0.151 e. The monoisotopic (exact) mass is 184 g/mol. The first-order valence-corrected chi connectivity index (χ1v) is 5.01. The van der Waals surface area contributed by atoms with E-state index in [1.165, 1.54) is 0 Å². The van der Waals surface area contributed by atoms with Crippen molar-refractivity contribution in [2.24, 2.45) is 0 Å². The van der Waals surface area contributed by atoms with Crippen molar-refractivity contribution in [3.05, 3.63) is 0 Å². The predicted molar refractivity (Wildman–Crippen MR) is 47.4 cm³/mol. The van der Waals surface area contributed by atoms with E-state index in [0.717, 1.165) is 38.4 Å². The van der Waals surface area contributed by atoms with E-state index in [0.29, 0.717) is 13.0 Å². The molecule has 0 spiro atoms. The van der Waals surface area contributed by atoms with Crippen molar-refractivity contribution in [3.63, 3.8) is 0 Å². The van der Waals surface area contributed by atoms with E-state index in [-0.39, 0.29) is 0 Å². The Morgan fingerprint density at radius 2 is 2.08 bits per heavy atom. The van der Waals surface area contributed by atoms with Crippen LogP contribution in [-0.2, 0) is 9.53 Å². The van der Waals surface area contributed by atoms with Crippen LogP contribution < -0.4 is 0 Å². The molecule has 2 aliphatic rings. The fourth-order valence-electron chi connectivity index (χ4n) is 2.31. The Morgan fingerprint density at radius 1 is 1.31 bits per heavy atom. The van der Waals surface area contributed by atoms with Gasteiger partial charge in [-0.2, -0.15) is 0 Å². The lowest BCUT2D eigenvalue weighted by molar-refractivity contribution is -0.141. The number of aliphatic hydroxyl groups is 1. The molecule has 0 aromatic rings. The molecule has 13 heavy (non-hydrogen) atoms. The Labute approximate surface area is 78.1 Å². The molecule has 0 aromatic carbocycles. The maximum absolute atomic E-state index is 10.9. The van der Waals surface area contributed by atoms with Crippen molar-refractivity contribution in [2.45, 2.75) is 49.7 Å². The van der Waals surface area contributed by atoms with Gasteiger partial charge in [0.1, 0.15) is 5.60 Å². The highest BCUT2D eigenvalue weighted by Crippen LogP contribution is 2.41. The molecule has 0 bridgehead atoms. The average Bonchev–Trinajstić information content (AvgIpc) is 2.51. The number of carbonyl (C=O) groups excluding carboxylic acids is 1. The number of rotatable bonds is 3. The van der Waals surface area contributed by atoms with Crippen LogP contribution in [0.5, 0.6) is 0 Å². The van der Waals surface area contributed by atoms with Crippen LogP contribution in [0.1, 0.15) is 38.5 Å². The molecule has 2 fully saturated rings. The quantitative estimate of drug-likeness (QED) is 0.666. The zero-order valence-electron chi connectivity index (χ0n) is 7.79. The van der Waals surface area contributed by atoms with E-state index in [1.807, 2.05) is 0 Å². The van der Waals surface area contributed by atoms with Crippen LogP contribution >= 0.6 is 0 Å². The maximum atomic E-state index is 10.9. The Kier molecular flexibility index (Phi) is 2.16. The van der Waals surface area contributed by atoms with E-state index < -0.39 is 11.2 Å². The molecule has 1 N–H and O–H groups in total. The molecule has 1 aliphatic heterocycles. The van der Waals surface area contributed by atoms with Crippen molar-refractivity contribution in [2.75, 3.05) is 6.61 Å². The Balaban J connectivity index is 2.00. The molecule has 0 radical (unpaired) electrons. The summed E-state index contributed by atoms with van der Waals surface area (Å²) in [6.07, 6.45) is 5.83. The molecule has 3 nitrogen and oxygen atoms in total. The third kappa shape index (κ3) is 1.63. The number of hydrogen-bond acceptors (Lipinski definition) is 3. The molecule has 1 saturated carbocycles. The summed E-state index contributed by atoms with van der Waals surface area (Å²) in [6, 6.07) is 0. The number of aldehydes is 1. The van der Waals surface area contributed by atoms with Crippen LogP contribution in [-0.4, -0.2) is 29.2 Å².